The van der Waals surface area contributed by atoms with E-state index in [1.165, 1.54) is 0 Å². The lowest BCUT2D eigenvalue weighted by Gasteiger charge is -2.08. The number of benzene rings is 1. The first-order valence-corrected chi connectivity index (χ1v) is 5.37. The number of halogens is 1. The Kier molecular flexibility index (Phi) is 3.69. The van der Waals surface area contributed by atoms with Crippen LogP contribution in [0.4, 0.5) is 0 Å². The first-order valence-electron chi connectivity index (χ1n) is 4.57. The predicted molar refractivity (Wildman–Crippen MR) is 61.5 cm³/mol. The van der Waals surface area contributed by atoms with Crippen molar-refractivity contribution >= 4 is 21.8 Å². The molecule has 0 aliphatic carbocycles. The Morgan fingerprint density at radius 2 is 2.07 bits per heavy atom. The van der Waals surface area contributed by atoms with Gasteiger partial charge in [0, 0.05) is 16.1 Å². The van der Waals surface area contributed by atoms with Crippen molar-refractivity contribution in [1.82, 2.24) is 5.32 Å². The summed E-state index contributed by atoms with van der Waals surface area (Å²) in [6.45, 7) is 5.89. The fourth-order valence-corrected chi connectivity index (χ4v) is 1.46. The van der Waals surface area contributed by atoms with Gasteiger partial charge in [0.2, 0.25) is 0 Å². The molecule has 76 valence electrons. The van der Waals surface area contributed by atoms with Crippen LogP contribution in [-0.4, -0.2) is 11.9 Å². The predicted octanol–water partition coefficient (Wildman–Crippen LogP) is 2.90. The van der Waals surface area contributed by atoms with Crippen LogP contribution in [0.5, 0.6) is 0 Å². The van der Waals surface area contributed by atoms with Gasteiger partial charge in [-0.25, -0.2) is 0 Å². The highest BCUT2D eigenvalue weighted by Crippen LogP contribution is 2.17. The first kappa shape index (κ1) is 11.2. The Balaban J connectivity index is 2.86. The summed E-state index contributed by atoms with van der Waals surface area (Å²) in [5, 5.41) is 2.85. The monoisotopic (exact) mass is 255 g/mol. The van der Waals surface area contributed by atoms with Crippen molar-refractivity contribution in [3.05, 3.63) is 33.8 Å². The van der Waals surface area contributed by atoms with Gasteiger partial charge in [0.1, 0.15) is 0 Å². The average molecular weight is 256 g/mol. The maximum Gasteiger partial charge on any atom is 0.251 e. The largest absolute Gasteiger partial charge is 0.350 e. The molecule has 1 N–H and O–H groups in total. The number of hydrogen-bond donors (Lipinski definition) is 1. The number of nitrogens with one attached hydrogen (secondary N) is 1. The van der Waals surface area contributed by atoms with Crippen LogP contribution in [0.3, 0.4) is 0 Å². The molecule has 1 aromatic carbocycles. The second-order valence-corrected chi connectivity index (χ2v) is 4.45. The lowest BCUT2D eigenvalue weighted by atomic mass is 10.1. The number of hydrogen-bond acceptors (Lipinski definition) is 1. The van der Waals surface area contributed by atoms with Gasteiger partial charge in [-0.15, -0.1) is 0 Å². The molecule has 2 nitrogen and oxygen atoms in total. The SMILES string of the molecule is Cc1ccc(C(=O)NC(C)C)cc1Br. The van der Waals surface area contributed by atoms with E-state index in [0.29, 0.717) is 5.56 Å². The molecule has 0 heterocycles. The van der Waals surface area contributed by atoms with Gasteiger partial charge in [0.05, 0.1) is 0 Å². The number of carbonyl (C=O) groups excluding carboxylic acids is 1. The summed E-state index contributed by atoms with van der Waals surface area (Å²) in [5.74, 6) is -0.0271. The molecule has 1 amide bonds. The Bertz CT molecular complexity index is 347. The molecule has 0 saturated heterocycles. The second kappa shape index (κ2) is 4.60. The molecular formula is C11H14BrNO. The molecule has 0 unspecified atom stereocenters. The zero-order chi connectivity index (χ0) is 10.7. The molecule has 3 heteroatoms. The van der Waals surface area contributed by atoms with Crippen molar-refractivity contribution in [3.63, 3.8) is 0 Å². The first-order chi connectivity index (χ1) is 6.50. The molecule has 1 rings (SSSR count). The van der Waals surface area contributed by atoms with Gasteiger partial charge in [0.15, 0.2) is 0 Å². The van der Waals surface area contributed by atoms with Crippen molar-refractivity contribution in [1.29, 1.82) is 0 Å². The fourth-order valence-electron chi connectivity index (χ4n) is 1.08. The van der Waals surface area contributed by atoms with E-state index in [4.69, 9.17) is 0 Å². The lowest BCUT2D eigenvalue weighted by molar-refractivity contribution is 0.0943. The van der Waals surface area contributed by atoms with Crippen LogP contribution in [0, 0.1) is 6.92 Å². The van der Waals surface area contributed by atoms with E-state index in [1.807, 2.05) is 39.0 Å². The highest BCUT2D eigenvalue weighted by Gasteiger charge is 2.07. The van der Waals surface area contributed by atoms with Crippen LogP contribution in [0.15, 0.2) is 22.7 Å². The maximum atomic E-state index is 11.6. The summed E-state index contributed by atoms with van der Waals surface area (Å²) in [6.07, 6.45) is 0. The third-order valence-electron chi connectivity index (χ3n) is 1.85. The molecule has 0 fully saturated rings. The van der Waals surface area contributed by atoms with Crippen LogP contribution in [-0.2, 0) is 0 Å². The van der Waals surface area contributed by atoms with E-state index in [-0.39, 0.29) is 11.9 Å². The number of rotatable bonds is 2. The van der Waals surface area contributed by atoms with Gasteiger partial charge in [-0.3, -0.25) is 4.79 Å². The maximum absolute atomic E-state index is 11.6. The molecule has 0 spiro atoms. The summed E-state index contributed by atoms with van der Waals surface area (Å²) in [4.78, 5) is 11.6. The van der Waals surface area contributed by atoms with Crippen LogP contribution >= 0.6 is 15.9 Å². The van der Waals surface area contributed by atoms with E-state index in [0.717, 1.165) is 10.0 Å². The van der Waals surface area contributed by atoms with E-state index in [1.54, 1.807) is 0 Å². The second-order valence-electron chi connectivity index (χ2n) is 3.59. The van der Waals surface area contributed by atoms with E-state index in [2.05, 4.69) is 21.2 Å². The van der Waals surface area contributed by atoms with Gasteiger partial charge in [0.25, 0.3) is 5.91 Å². The van der Waals surface area contributed by atoms with Crippen molar-refractivity contribution < 1.29 is 4.79 Å². The summed E-state index contributed by atoms with van der Waals surface area (Å²) >= 11 is 3.40. The van der Waals surface area contributed by atoms with Gasteiger partial charge in [-0.1, -0.05) is 22.0 Å². The summed E-state index contributed by atoms with van der Waals surface area (Å²) in [6, 6.07) is 5.77. The smallest absolute Gasteiger partial charge is 0.251 e. The molecule has 0 radical (unpaired) electrons. The zero-order valence-corrected chi connectivity index (χ0v) is 10.2. The highest BCUT2D eigenvalue weighted by atomic mass is 79.9. The average Bonchev–Trinajstić information content (AvgIpc) is 2.08. The quantitative estimate of drug-likeness (QED) is 0.866. The van der Waals surface area contributed by atoms with E-state index < -0.39 is 0 Å². The van der Waals surface area contributed by atoms with Gasteiger partial charge in [-0.05, 0) is 38.5 Å². The fraction of sp³-hybridized carbons (Fsp3) is 0.364. The number of aryl methyl sites for hydroxylation is 1. The minimum Gasteiger partial charge on any atom is -0.350 e. The Hall–Kier alpha value is -0.830. The minimum atomic E-state index is -0.0271. The normalized spacial score (nSPS) is 10.4. The van der Waals surface area contributed by atoms with Crippen LogP contribution in [0.1, 0.15) is 29.8 Å². The molecular weight excluding hydrogens is 242 g/mol. The van der Waals surface area contributed by atoms with Crippen molar-refractivity contribution in [2.45, 2.75) is 26.8 Å². The number of carbonyl (C=O) groups is 1. The lowest BCUT2D eigenvalue weighted by Crippen LogP contribution is -2.30. The third-order valence-corrected chi connectivity index (χ3v) is 2.71. The van der Waals surface area contributed by atoms with Crippen LogP contribution < -0.4 is 5.32 Å². The summed E-state index contributed by atoms with van der Waals surface area (Å²) in [7, 11) is 0. The van der Waals surface area contributed by atoms with Crippen molar-refractivity contribution in [2.24, 2.45) is 0 Å². The van der Waals surface area contributed by atoms with Gasteiger partial charge < -0.3 is 5.32 Å². The molecule has 0 bridgehead atoms. The summed E-state index contributed by atoms with van der Waals surface area (Å²) in [5.41, 5.74) is 1.82. The van der Waals surface area contributed by atoms with E-state index >= 15 is 0 Å². The Morgan fingerprint density at radius 3 is 2.57 bits per heavy atom. The molecule has 0 aliphatic heterocycles. The van der Waals surface area contributed by atoms with Crippen LogP contribution in [0.25, 0.3) is 0 Å². The molecule has 0 saturated carbocycles. The minimum absolute atomic E-state index is 0.0271. The summed E-state index contributed by atoms with van der Waals surface area (Å²) < 4.78 is 0.967. The van der Waals surface area contributed by atoms with E-state index in [9.17, 15) is 4.79 Å². The highest BCUT2D eigenvalue weighted by molar-refractivity contribution is 9.10. The van der Waals surface area contributed by atoms with Gasteiger partial charge >= 0.3 is 0 Å². The molecule has 0 aromatic heterocycles. The Labute approximate surface area is 92.8 Å². The van der Waals surface area contributed by atoms with Crippen molar-refractivity contribution in [3.8, 4) is 0 Å². The third kappa shape index (κ3) is 2.84. The zero-order valence-electron chi connectivity index (χ0n) is 8.60. The number of amides is 1. The molecule has 1 aromatic rings. The van der Waals surface area contributed by atoms with Crippen molar-refractivity contribution in [2.75, 3.05) is 0 Å². The standard InChI is InChI=1S/C11H14BrNO/c1-7(2)13-11(14)9-5-4-8(3)10(12)6-9/h4-7H,1-3H3,(H,13,14). The Morgan fingerprint density at radius 1 is 1.43 bits per heavy atom. The topological polar surface area (TPSA) is 29.1 Å². The van der Waals surface area contributed by atoms with Gasteiger partial charge in [-0.2, -0.15) is 0 Å². The van der Waals surface area contributed by atoms with Crippen LogP contribution in [0.2, 0.25) is 0 Å². The molecule has 14 heavy (non-hydrogen) atoms. The molecule has 0 aliphatic rings. The molecule has 0 atom stereocenters.